The van der Waals surface area contributed by atoms with Crippen molar-refractivity contribution in [3.8, 4) is 11.1 Å². The summed E-state index contributed by atoms with van der Waals surface area (Å²) in [6.45, 7) is 2.75. The molecule has 0 aliphatic carbocycles. The lowest BCUT2D eigenvalue weighted by Crippen LogP contribution is -2.01. The first-order chi connectivity index (χ1) is 12.0. The quantitative estimate of drug-likeness (QED) is 0.615. The van der Waals surface area contributed by atoms with Gasteiger partial charge in [0.15, 0.2) is 0 Å². The number of carboxylic acids is 1. The van der Waals surface area contributed by atoms with Crippen molar-refractivity contribution < 1.29 is 9.90 Å². The maximum absolute atomic E-state index is 11.2. The smallest absolute Gasteiger partial charge is 0.335 e. The molecule has 25 heavy (non-hydrogen) atoms. The number of hydrogen-bond acceptors (Lipinski definition) is 4. The van der Waals surface area contributed by atoms with Crippen molar-refractivity contribution >= 4 is 17.5 Å². The van der Waals surface area contributed by atoms with Gasteiger partial charge in [-0.15, -0.1) is 0 Å². The topological polar surface area (TPSA) is 88.2 Å². The number of aromatic carboxylic acids is 1. The molecule has 0 saturated heterocycles. The SMILES string of the molecule is Cc1cccc(CNc2ccc(-c3cc(N)cc(C(=O)O)c3)cn2)c1. The normalized spacial score (nSPS) is 10.4. The van der Waals surface area contributed by atoms with Crippen LogP contribution in [0.4, 0.5) is 11.5 Å². The Morgan fingerprint density at radius 1 is 1.12 bits per heavy atom. The molecule has 126 valence electrons. The van der Waals surface area contributed by atoms with Gasteiger partial charge in [0.05, 0.1) is 5.56 Å². The van der Waals surface area contributed by atoms with E-state index in [1.807, 2.05) is 18.2 Å². The molecule has 2 aromatic carbocycles. The van der Waals surface area contributed by atoms with Crippen molar-refractivity contribution in [1.82, 2.24) is 4.98 Å². The Labute approximate surface area is 146 Å². The van der Waals surface area contributed by atoms with Crippen LogP contribution in [0.25, 0.3) is 11.1 Å². The van der Waals surface area contributed by atoms with Crippen molar-refractivity contribution in [2.75, 3.05) is 11.1 Å². The lowest BCUT2D eigenvalue weighted by molar-refractivity contribution is 0.0697. The first-order valence-corrected chi connectivity index (χ1v) is 7.91. The molecule has 3 aromatic rings. The minimum Gasteiger partial charge on any atom is -0.478 e. The Hall–Kier alpha value is -3.34. The van der Waals surface area contributed by atoms with Gasteiger partial charge in [-0.05, 0) is 48.4 Å². The second-order valence-electron chi connectivity index (χ2n) is 5.92. The van der Waals surface area contributed by atoms with E-state index in [0.29, 0.717) is 12.2 Å². The minimum absolute atomic E-state index is 0.164. The summed E-state index contributed by atoms with van der Waals surface area (Å²) in [6, 6.07) is 16.8. The van der Waals surface area contributed by atoms with Crippen LogP contribution in [-0.4, -0.2) is 16.1 Å². The number of aromatic nitrogens is 1. The van der Waals surface area contributed by atoms with Crippen LogP contribution in [-0.2, 0) is 6.54 Å². The van der Waals surface area contributed by atoms with E-state index in [1.54, 1.807) is 18.3 Å². The van der Waals surface area contributed by atoms with Gasteiger partial charge in [-0.1, -0.05) is 29.8 Å². The summed E-state index contributed by atoms with van der Waals surface area (Å²) in [5.74, 6) is -0.245. The second kappa shape index (κ2) is 7.05. The number of anilines is 2. The van der Waals surface area contributed by atoms with Crippen LogP contribution in [0.2, 0.25) is 0 Å². The number of aryl methyl sites for hydroxylation is 1. The molecule has 4 N–H and O–H groups in total. The zero-order chi connectivity index (χ0) is 17.8. The lowest BCUT2D eigenvalue weighted by atomic mass is 10.0. The first kappa shape index (κ1) is 16.5. The average molecular weight is 333 g/mol. The molecule has 3 rings (SSSR count). The Morgan fingerprint density at radius 3 is 2.64 bits per heavy atom. The van der Waals surface area contributed by atoms with Crippen LogP contribution in [0.3, 0.4) is 0 Å². The molecule has 1 heterocycles. The first-order valence-electron chi connectivity index (χ1n) is 7.91. The number of nitrogens with one attached hydrogen (secondary N) is 1. The number of hydrogen-bond donors (Lipinski definition) is 3. The number of carboxylic acid groups (broad SMARTS) is 1. The van der Waals surface area contributed by atoms with Gasteiger partial charge in [-0.25, -0.2) is 9.78 Å². The molecule has 0 atom stereocenters. The zero-order valence-electron chi connectivity index (χ0n) is 13.9. The highest BCUT2D eigenvalue weighted by molar-refractivity contribution is 5.91. The molecule has 0 spiro atoms. The fraction of sp³-hybridized carbons (Fsp3) is 0.100. The Balaban J connectivity index is 1.75. The molecule has 1 aromatic heterocycles. The number of nitrogen functional groups attached to an aromatic ring is 1. The maximum atomic E-state index is 11.2. The molecule has 0 fully saturated rings. The highest BCUT2D eigenvalue weighted by Gasteiger charge is 2.08. The molecule has 0 amide bonds. The number of benzene rings is 2. The third kappa shape index (κ3) is 4.14. The van der Waals surface area contributed by atoms with Crippen molar-refractivity contribution in [1.29, 1.82) is 0 Å². The summed E-state index contributed by atoms with van der Waals surface area (Å²) in [6.07, 6.45) is 1.71. The van der Waals surface area contributed by atoms with Crippen molar-refractivity contribution in [3.63, 3.8) is 0 Å². The zero-order valence-corrected chi connectivity index (χ0v) is 13.9. The predicted molar refractivity (Wildman–Crippen MR) is 99.6 cm³/mol. The molecular formula is C20H19N3O2. The number of pyridine rings is 1. The van der Waals surface area contributed by atoms with Gasteiger partial charge in [-0.2, -0.15) is 0 Å². The van der Waals surface area contributed by atoms with Crippen LogP contribution in [0, 0.1) is 6.92 Å². The van der Waals surface area contributed by atoms with Crippen LogP contribution < -0.4 is 11.1 Å². The standard InChI is InChI=1S/C20H19N3O2/c1-13-3-2-4-14(7-13)11-22-19-6-5-15(12-23-19)16-8-17(20(24)25)10-18(21)9-16/h2-10,12H,11,21H2,1H3,(H,22,23)(H,24,25). The maximum Gasteiger partial charge on any atom is 0.335 e. The van der Waals surface area contributed by atoms with Crippen molar-refractivity contribution in [3.05, 3.63) is 77.5 Å². The molecule has 0 unspecified atom stereocenters. The molecule has 0 bridgehead atoms. The van der Waals surface area contributed by atoms with E-state index in [4.69, 9.17) is 10.8 Å². The van der Waals surface area contributed by atoms with Crippen LogP contribution in [0.15, 0.2) is 60.8 Å². The average Bonchev–Trinajstić information content (AvgIpc) is 2.60. The van der Waals surface area contributed by atoms with Gasteiger partial charge in [0, 0.05) is 24.0 Å². The van der Waals surface area contributed by atoms with Crippen molar-refractivity contribution in [2.45, 2.75) is 13.5 Å². The molecule has 0 saturated carbocycles. The number of nitrogens with two attached hydrogens (primary N) is 1. The highest BCUT2D eigenvalue weighted by Crippen LogP contribution is 2.24. The Kier molecular flexibility index (Phi) is 4.66. The fourth-order valence-corrected chi connectivity index (χ4v) is 2.63. The molecule has 0 aliphatic heterocycles. The van der Waals surface area contributed by atoms with E-state index in [0.717, 1.165) is 16.9 Å². The Bertz CT molecular complexity index is 905. The van der Waals surface area contributed by atoms with E-state index in [2.05, 4.69) is 35.4 Å². The summed E-state index contributed by atoms with van der Waals surface area (Å²) >= 11 is 0. The predicted octanol–water partition coefficient (Wildman–Crippen LogP) is 3.95. The lowest BCUT2D eigenvalue weighted by Gasteiger charge is -2.09. The van der Waals surface area contributed by atoms with Gasteiger partial charge in [0.1, 0.15) is 5.82 Å². The van der Waals surface area contributed by atoms with Crippen LogP contribution in [0.5, 0.6) is 0 Å². The van der Waals surface area contributed by atoms with Gasteiger partial charge in [-0.3, -0.25) is 0 Å². The molecule has 0 radical (unpaired) electrons. The van der Waals surface area contributed by atoms with Crippen LogP contribution in [0.1, 0.15) is 21.5 Å². The van der Waals surface area contributed by atoms with E-state index >= 15 is 0 Å². The van der Waals surface area contributed by atoms with Crippen LogP contribution >= 0.6 is 0 Å². The molecular weight excluding hydrogens is 314 g/mol. The van der Waals surface area contributed by atoms with Crippen molar-refractivity contribution in [2.24, 2.45) is 0 Å². The van der Waals surface area contributed by atoms with E-state index in [-0.39, 0.29) is 5.56 Å². The third-order valence-corrected chi connectivity index (χ3v) is 3.86. The number of carbonyl (C=O) groups is 1. The minimum atomic E-state index is -1.00. The van der Waals surface area contributed by atoms with Gasteiger partial charge >= 0.3 is 5.97 Å². The Morgan fingerprint density at radius 2 is 1.96 bits per heavy atom. The number of rotatable bonds is 5. The summed E-state index contributed by atoms with van der Waals surface area (Å²) in [7, 11) is 0. The van der Waals surface area contributed by atoms with Gasteiger partial charge in [0.2, 0.25) is 0 Å². The van der Waals surface area contributed by atoms with E-state index in [9.17, 15) is 4.79 Å². The summed E-state index contributed by atoms with van der Waals surface area (Å²) in [5, 5.41) is 12.4. The molecule has 5 heteroatoms. The summed E-state index contributed by atoms with van der Waals surface area (Å²) < 4.78 is 0. The highest BCUT2D eigenvalue weighted by atomic mass is 16.4. The number of nitrogens with zero attached hydrogens (tertiary/aromatic N) is 1. The monoisotopic (exact) mass is 333 g/mol. The van der Waals surface area contributed by atoms with Gasteiger partial charge in [0.25, 0.3) is 0 Å². The summed E-state index contributed by atoms with van der Waals surface area (Å²) in [4.78, 5) is 15.6. The van der Waals surface area contributed by atoms with Gasteiger partial charge < -0.3 is 16.2 Å². The third-order valence-electron chi connectivity index (χ3n) is 3.86. The fourth-order valence-electron chi connectivity index (χ4n) is 2.63. The molecule has 0 aliphatic rings. The largest absolute Gasteiger partial charge is 0.478 e. The second-order valence-corrected chi connectivity index (χ2v) is 5.92. The molecule has 5 nitrogen and oxygen atoms in total. The van der Waals surface area contributed by atoms with E-state index < -0.39 is 5.97 Å². The summed E-state index contributed by atoms with van der Waals surface area (Å²) in [5.41, 5.74) is 10.3. The van der Waals surface area contributed by atoms with E-state index in [1.165, 1.54) is 17.2 Å².